The standard InChI is InChI=1S/C16H24N2O4S/c1-10-6-12-13(7-16(2,3)8-14(12)22-10)18-15(19)17-11-4-5-23(20,21)9-11/h6,11,13H,4-5,7-9H2,1-3H3,(H2,17,18,19). The molecule has 2 aliphatic rings. The van der Waals surface area contributed by atoms with E-state index in [1.807, 2.05) is 13.0 Å². The summed E-state index contributed by atoms with van der Waals surface area (Å²) in [5, 5.41) is 5.78. The average molecular weight is 340 g/mol. The molecule has 0 spiro atoms. The molecule has 0 radical (unpaired) electrons. The number of hydrogen-bond acceptors (Lipinski definition) is 4. The summed E-state index contributed by atoms with van der Waals surface area (Å²) in [6, 6.07) is 1.28. The molecule has 0 aromatic carbocycles. The Hall–Kier alpha value is -1.50. The molecule has 0 bridgehead atoms. The molecular formula is C16H24N2O4S. The summed E-state index contributed by atoms with van der Waals surface area (Å²) in [6.07, 6.45) is 2.17. The van der Waals surface area contributed by atoms with Crippen molar-refractivity contribution in [3.05, 3.63) is 23.2 Å². The molecular weight excluding hydrogens is 316 g/mol. The van der Waals surface area contributed by atoms with Crippen LogP contribution < -0.4 is 10.6 Å². The minimum absolute atomic E-state index is 0.0344. The summed E-state index contributed by atoms with van der Waals surface area (Å²) >= 11 is 0. The summed E-state index contributed by atoms with van der Waals surface area (Å²) in [4.78, 5) is 12.3. The zero-order valence-electron chi connectivity index (χ0n) is 13.8. The van der Waals surface area contributed by atoms with Crippen molar-refractivity contribution in [2.45, 2.75) is 52.1 Å². The van der Waals surface area contributed by atoms with Gasteiger partial charge in [0, 0.05) is 18.0 Å². The Bertz CT molecular complexity index is 720. The Kier molecular flexibility index (Phi) is 3.94. The van der Waals surface area contributed by atoms with Gasteiger partial charge in [-0.15, -0.1) is 0 Å². The summed E-state index contributed by atoms with van der Waals surface area (Å²) in [5.74, 6) is 1.97. The maximum absolute atomic E-state index is 12.3. The third kappa shape index (κ3) is 3.71. The van der Waals surface area contributed by atoms with Crippen molar-refractivity contribution in [2.75, 3.05) is 11.5 Å². The molecule has 7 heteroatoms. The predicted octanol–water partition coefficient (Wildman–Crippen LogP) is 2.09. The minimum Gasteiger partial charge on any atom is -0.466 e. The molecule has 2 unspecified atom stereocenters. The highest BCUT2D eigenvalue weighted by atomic mass is 32.2. The molecule has 0 saturated carbocycles. The molecule has 23 heavy (non-hydrogen) atoms. The number of rotatable bonds is 2. The van der Waals surface area contributed by atoms with Crippen molar-refractivity contribution in [2.24, 2.45) is 5.41 Å². The third-order valence-corrected chi connectivity index (χ3v) is 6.38. The molecule has 3 rings (SSSR count). The van der Waals surface area contributed by atoms with Crippen LogP contribution in [0, 0.1) is 12.3 Å². The molecule has 1 aromatic heterocycles. The maximum Gasteiger partial charge on any atom is 0.315 e. The lowest BCUT2D eigenvalue weighted by Crippen LogP contribution is -2.45. The van der Waals surface area contributed by atoms with Gasteiger partial charge in [0.25, 0.3) is 0 Å². The molecule has 2 N–H and O–H groups in total. The number of fused-ring (bicyclic) bond motifs is 1. The van der Waals surface area contributed by atoms with Crippen molar-refractivity contribution >= 4 is 15.9 Å². The fraction of sp³-hybridized carbons (Fsp3) is 0.688. The SMILES string of the molecule is Cc1cc2c(o1)CC(C)(C)CC2NC(=O)NC1CCS(=O)(=O)C1. The van der Waals surface area contributed by atoms with Crippen LogP contribution in [0.4, 0.5) is 4.79 Å². The van der Waals surface area contributed by atoms with Crippen LogP contribution in [-0.4, -0.2) is 32.0 Å². The van der Waals surface area contributed by atoms with Gasteiger partial charge in [0.2, 0.25) is 0 Å². The quantitative estimate of drug-likeness (QED) is 0.863. The Balaban J connectivity index is 1.68. The Morgan fingerprint density at radius 1 is 1.35 bits per heavy atom. The number of carbonyl (C=O) groups excluding carboxylic acids is 1. The van der Waals surface area contributed by atoms with Crippen LogP contribution in [0.1, 0.15) is 49.8 Å². The van der Waals surface area contributed by atoms with E-state index in [1.54, 1.807) is 0 Å². The maximum atomic E-state index is 12.3. The molecule has 1 fully saturated rings. The number of nitrogens with one attached hydrogen (secondary N) is 2. The second kappa shape index (κ2) is 5.54. The van der Waals surface area contributed by atoms with Gasteiger partial charge in [-0.05, 0) is 31.2 Å². The van der Waals surface area contributed by atoms with Gasteiger partial charge in [0.15, 0.2) is 9.84 Å². The highest BCUT2D eigenvalue weighted by Crippen LogP contribution is 2.41. The first-order valence-corrected chi connectivity index (χ1v) is 9.82. The van der Waals surface area contributed by atoms with Crippen LogP contribution >= 0.6 is 0 Å². The van der Waals surface area contributed by atoms with Gasteiger partial charge in [-0.3, -0.25) is 0 Å². The summed E-state index contributed by atoms with van der Waals surface area (Å²) < 4.78 is 28.7. The van der Waals surface area contributed by atoms with Crippen LogP contribution in [0.5, 0.6) is 0 Å². The van der Waals surface area contributed by atoms with E-state index in [-0.39, 0.29) is 35.0 Å². The first-order valence-electron chi connectivity index (χ1n) is 8.00. The predicted molar refractivity (Wildman–Crippen MR) is 87.0 cm³/mol. The molecule has 1 aliphatic heterocycles. The molecule has 1 aliphatic carbocycles. The number of hydrogen-bond donors (Lipinski definition) is 2. The van der Waals surface area contributed by atoms with Crippen molar-refractivity contribution < 1.29 is 17.6 Å². The lowest BCUT2D eigenvalue weighted by atomic mass is 9.75. The molecule has 1 aromatic rings. The summed E-state index contributed by atoms with van der Waals surface area (Å²) in [7, 11) is -3.00. The molecule has 2 heterocycles. The highest BCUT2D eigenvalue weighted by Gasteiger charge is 2.36. The van der Waals surface area contributed by atoms with Crippen LogP contribution in [0.3, 0.4) is 0 Å². The second-order valence-electron chi connectivity index (χ2n) is 7.55. The van der Waals surface area contributed by atoms with E-state index in [4.69, 9.17) is 4.42 Å². The monoisotopic (exact) mass is 340 g/mol. The third-order valence-electron chi connectivity index (χ3n) is 4.61. The lowest BCUT2D eigenvalue weighted by molar-refractivity contribution is 0.212. The lowest BCUT2D eigenvalue weighted by Gasteiger charge is -2.34. The van der Waals surface area contributed by atoms with Gasteiger partial charge in [-0.1, -0.05) is 13.8 Å². The minimum atomic E-state index is -3.00. The van der Waals surface area contributed by atoms with Crippen LogP contribution in [0.2, 0.25) is 0 Å². The number of furan rings is 1. The average Bonchev–Trinajstić information content (AvgIpc) is 2.90. The van der Waals surface area contributed by atoms with Gasteiger partial charge in [-0.2, -0.15) is 0 Å². The highest BCUT2D eigenvalue weighted by molar-refractivity contribution is 7.91. The van der Waals surface area contributed by atoms with Gasteiger partial charge >= 0.3 is 6.03 Å². The van der Waals surface area contributed by atoms with Crippen molar-refractivity contribution in [3.8, 4) is 0 Å². The smallest absolute Gasteiger partial charge is 0.315 e. The first kappa shape index (κ1) is 16.4. The van der Waals surface area contributed by atoms with E-state index in [0.717, 1.165) is 29.9 Å². The molecule has 2 atom stereocenters. The van der Waals surface area contributed by atoms with E-state index in [0.29, 0.717) is 6.42 Å². The second-order valence-corrected chi connectivity index (χ2v) is 9.78. The fourth-order valence-corrected chi connectivity index (χ4v) is 5.28. The van der Waals surface area contributed by atoms with E-state index >= 15 is 0 Å². The topological polar surface area (TPSA) is 88.4 Å². The van der Waals surface area contributed by atoms with Crippen molar-refractivity contribution in [1.82, 2.24) is 10.6 Å². The van der Waals surface area contributed by atoms with E-state index in [9.17, 15) is 13.2 Å². The molecule has 2 amide bonds. The molecule has 1 saturated heterocycles. The van der Waals surface area contributed by atoms with Crippen molar-refractivity contribution in [3.63, 3.8) is 0 Å². The van der Waals surface area contributed by atoms with Crippen LogP contribution in [-0.2, 0) is 16.3 Å². The fourth-order valence-electron chi connectivity index (χ4n) is 3.61. The van der Waals surface area contributed by atoms with Gasteiger partial charge in [0.1, 0.15) is 11.5 Å². The van der Waals surface area contributed by atoms with E-state index in [1.165, 1.54) is 0 Å². The zero-order valence-corrected chi connectivity index (χ0v) is 14.6. The largest absolute Gasteiger partial charge is 0.466 e. The molecule has 128 valence electrons. The normalized spacial score (nSPS) is 28.1. The van der Waals surface area contributed by atoms with E-state index < -0.39 is 9.84 Å². The van der Waals surface area contributed by atoms with E-state index in [2.05, 4.69) is 24.5 Å². The number of sulfone groups is 1. The summed E-state index contributed by atoms with van der Waals surface area (Å²) in [6.45, 7) is 6.22. The number of amides is 2. The Morgan fingerprint density at radius 2 is 2.09 bits per heavy atom. The van der Waals surface area contributed by atoms with Gasteiger partial charge in [-0.25, -0.2) is 13.2 Å². The van der Waals surface area contributed by atoms with Gasteiger partial charge in [0.05, 0.1) is 17.5 Å². The van der Waals surface area contributed by atoms with Gasteiger partial charge < -0.3 is 15.1 Å². The summed E-state index contributed by atoms with van der Waals surface area (Å²) in [5.41, 5.74) is 1.09. The number of carbonyl (C=O) groups is 1. The Morgan fingerprint density at radius 3 is 2.74 bits per heavy atom. The van der Waals surface area contributed by atoms with Crippen LogP contribution in [0.25, 0.3) is 0 Å². The number of urea groups is 1. The van der Waals surface area contributed by atoms with Crippen molar-refractivity contribution in [1.29, 1.82) is 0 Å². The van der Waals surface area contributed by atoms with Crippen LogP contribution in [0.15, 0.2) is 10.5 Å². The molecule has 6 nitrogen and oxygen atoms in total. The zero-order chi connectivity index (χ0) is 16.8. The number of aryl methyl sites for hydroxylation is 1. The first-order chi connectivity index (χ1) is 10.6. The Labute approximate surface area is 136 Å².